The molecule has 0 radical (unpaired) electrons. The van der Waals surface area contributed by atoms with Crippen LogP contribution in [-0.4, -0.2) is 37.2 Å². The highest BCUT2D eigenvalue weighted by Crippen LogP contribution is 2.19. The van der Waals surface area contributed by atoms with Crippen molar-refractivity contribution in [2.45, 2.75) is 374 Å². The summed E-state index contributed by atoms with van der Waals surface area (Å²) in [4.78, 5) is 38.3. The van der Waals surface area contributed by atoms with Crippen molar-refractivity contribution in [1.29, 1.82) is 0 Å². The standard InChI is InChI=1S/C64H124O6/c1-5-7-9-11-13-15-17-19-21-23-25-26-31-35-39-43-47-51-55-62(65)68-58-61(70-64(67)57-53-49-45-41-37-33-27-24-22-20-18-16-14-12-10-8-6-2)59-69-63(66)56-52-48-44-40-36-32-29-28-30-34-38-42-46-50-54-60(3)4/h60-61H,5-59H2,1-4H3/t61-/m0/s1. The molecule has 0 aliphatic heterocycles. The molecule has 0 aliphatic rings. The van der Waals surface area contributed by atoms with Crippen molar-refractivity contribution < 1.29 is 28.6 Å². The number of hydrogen-bond donors (Lipinski definition) is 0. The Kier molecular flexibility index (Phi) is 57.0. The van der Waals surface area contributed by atoms with Crippen LogP contribution in [0, 0.1) is 5.92 Å². The average molecular weight is 990 g/mol. The lowest BCUT2D eigenvalue weighted by molar-refractivity contribution is -0.167. The quantitative estimate of drug-likeness (QED) is 0.0343. The maximum absolute atomic E-state index is 12.9. The van der Waals surface area contributed by atoms with E-state index in [1.165, 1.54) is 263 Å². The van der Waals surface area contributed by atoms with Gasteiger partial charge in [-0.25, -0.2) is 0 Å². The Bertz CT molecular complexity index is 1060. The number of carbonyl (C=O) groups is 3. The van der Waals surface area contributed by atoms with Gasteiger partial charge in [0.15, 0.2) is 6.10 Å². The van der Waals surface area contributed by atoms with Crippen LogP contribution < -0.4 is 0 Å². The van der Waals surface area contributed by atoms with Gasteiger partial charge < -0.3 is 14.2 Å². The molecule has 0 rings (SSSR count). The minimum Gasteiger partial charge on any atom is -0.462 e. The molecule has 0 spiro atoms. The number of unbranched alkanes of at least 4 members (excludes halogenated alkanes) is 46. The number of esters is 3. The summed E-state index contributed by atoms with van der Waals surface area (Å²) in [6.45, 7) is 9.09. The van der Waals surface area contributed by atoms with Crippen LogP contribution in [-0.2, 0) is 28.6 Å². The minimum atomic E-state index is -0.763. The van der Waals surface area contributed by atoms with Gasteiger partial charge in [-0.1, -0.05) is 329 Å². The van der Waals surface area contributed by atoms with Crippen molar-refractivity contribution in [3.05, 3.63) is 0 Å². The second-order valence-corrected chi connectivity index (χ2v) is 22.5. The first-order chi connectivity index (χ1) is 34.4. The van der Waals surface area contributed by atoms with E-state index in [1.54, 1.807) is 0 Å². The van der Waals surface area contributed by atoms with Gasteiger partial charge in [-0.3, -0.25) is 14.4 Å². The van der Waals surface area contributed by atoms with Gasteiger partial charge in [0.25, 0.3) is 0 Å². The maximum atomic E-state index is 12.9. The van der Waals surface area contributed by atoms with E-state index in [9.17, 15) is 14.4 Å². The number of hydrogen-bond acceptors (Lipinski definition) is 6. The van der Waals surface area contributed by atoms with Gasteiger partial charge in [-0.05, 0) is 25.2 Å². The number of ether oxygens (including phenoxy) is 3. The molecule has 0 aromatic rings. The number of carbonyl (C=O) groups excluding carboxylic acids is 3. The van der Waals surface area contributed by atoms with Crippen LogP contribution >= 0.6 is 0 Å². The molecule has 0 fully saturated rings. The smallest absolute Gasteiger partial charge is 0.306 e. The van der Waals surface area contributed by atoms with Crippen LogP contribution in [0.5, 0.6) is 0 Å². The molecule has 0 unspecified atom stereocenters. The van der Waals surface area contributed by atoms with E-state index in [4.69, 9.17) is 14.2 Å². The van der Waals surface area contributed by atoms with E-state index in [-0.39, 0.29) is 31.1 Å². The molecule has 416 valence electrons. The highest BCUT2D eigenvalue weighted by atomic mass is 16.6. The third-order valence-electron chi connectivity index (χ3n) is 14.8. The molecular formula is C64H124O6. The van der Waals surface area contributed by atoms with E-state index in [0.29, 0.717) is 19.3 Å². The lowest BCUT2D eigenvalue weighted by atomic mass is 10.0. The van der Waals surface area contributed by atoms with Crippen LogP contribution in [0.3, 0.4) is 0 Å². The van der Waals surface area contributed by atoms with Crippen molar-refractivity contribution in [2.24, 2.45) is 5.92 Å². The van der Waals surface area contributed by atoms with Gasteiger partial charge in [0.05, 0.1) is 0 Å². The number of rotatable bonds is 59. The molecule has 70 heavy (non-hydrogen) atoms. The zero-order valence-electron chi connectivity index (χ0n) is 48.0. The fourth-order valence-electron chi connectivity index (χ4n) is 9.99. The summed E-state index contributed by atoms with van der Waals surface area (Å²) in [5.41, 5.74) is 0. The molecule has 6 nitrogen and oxygen atoms in total. The molecule has 0 amide bonds. The van der Waals surface area contributed by atoms with E-state index in [0.717, 1.165) is 63.7 Å². The fraction of sp³-hybridized carbons (Fsp3) is 0.953. The maximum Gasteiger partial charge on any atom is 0.306 e. The summed E-state index contributed by atoms with van der Waals surface area (Å²) < 4.78 is 17.0. The van der Waals surface area contributed by atoms with Gasteiger partial charge in [-0.2, -0.15) is 0 Å². The molecule has 0 N–H and O–H groups in total. The molecule has 0 aliphatic carbocycles. The first-order valence-corrected chi connectivity index (χ1v) is 31.9. The lowest BCUT2D eigenvalue weighted by Crippen LogP contribution is -2.30. The van der Waals surface area contributed by atoms with Crippen LogP contribution in [0.1, 0.15) is 368 Å². The van der Waals surface area contributed by atoms with E-state index in [1.807, 2.05) is 0 Å². The SMILES string of the molecule is CCCCCCCCCCCCCCCCCCCCC(=O)OC[C@@H](COC(=O)CCCCCCCCCCCCCCCCC(C)C)OC(=O)CCCCCCCCCCCCCCCCCCC. The van der Waals surface area contributed by atoms with Crippen molar-refractivity contribution in [2.75, 3.05) is 13.2 Å². The van der Waals surface area contributed by atoms with Crippen molar-refractivity contribution in [1.82, 2.24) is 0 Å². The predicted molar refractivity (Wildman–Crippen MR) is 303 cm³/mol. The Balaban J connectivity index is 4.29. The average Bonchev–Trinajstić information content (AvgIpc) is 3.35. The summed E-state index contributed by atoms with van der Waals surface area (Å²) >= 11 is 0. The van der Waals surface area contributed by atoms with Crippen molar-refractivity contribution in [3.8, 4) is 0 Å². The third-order valence-corrected chi connectivity index (χ3v) is 14.8. The molecule has 0 saturated carbocycles. The zero-order valence-corrected chi connectivity index (χ0v) is 48.0. The monoisotopic (exact) mass is 989 g/mol. The summed E-state index contributed by atoms with van der Waals surface area (Å²) in [5.74, 6) is 0.0174. The summed E-state index contributed by atoms with van der Waals surface area (Å²) in [5, 5.41) is 0. The van der Waals surface area contributed by atoms with E-state index < -0.39 is 6.10 Å². The zero-order chi connectivity index (χ0) is 50.9. The first-order valence-electron chi connectivity index (χ1n) is 31.9. The van der Waals surface area contributed by atoms with Gasteiger partial charge in [0, 0.05) is 19.3 Å². The Morgan fingerprint density at radius 1 is 0.271 bits per heavy atom. The normalized spacial score (nSPS) is 12.0. The molecule has 0 bridgehead atoms. The van der Waals surface area contributed by atoms with E-state index in [2.05, 4.69) is 27.7 Å². The topological polar surface area (TPSA) is 78.9 Å². The van der Waals surface area contributed by atoms with Crippen LogP contribution in [0.4, 0.5) is 0 Å². The highest BCUT2D eigenvalue weighted by molar-refractivity contribution is 5.71. The van der Waals surface area contributed by atoms with E-state index >= 15 is 0 Å². The largest absolute Gasteiger partial charge is 0.462 e. The Labute approximate surface area is 438 Å². The molecule has 0 saturated heterocycles. The molecule has 0 aromatic carbocycles. The van der Waals surface area contributed by atoms with Crippen molar-refractivity contribution in [3.63, 3.8) is 0 Å². The second kappa shape index (κ2) is 58.3. The lowest BCUT2D eigenvalue weighted by Gasteiger charge is -2.18. The Hall–Kier alpha value is -1.59. The summed E-state index contributed by atoms with van der Waals surface area (Å²) in [6.07, 6.45) is 65.3. The predicted octanol–water partition coefficient (Wildman–Crippen LogP) is 21.4. The van der Waals surface area contributed by atoms with Gasteiger partial charge in [-0.15, -0.1) is 0 Å². The summed E-state index contributed by atoms with van der Waals surface area (Å²) in [7, 11) is 0. The molecule has 1 atom stereocenters. The van der Waals surface area contributed by atoms with Crippen LogP contribution in [0.25, 0.3) is 0 Å². The molecule has 0 aromatic heterocycles. The fourth-order valence-corrected chi connectivity index (χ4v) is 9.99. The molecular weight excluding hydrogens is 865 g/mol. The minimum absolute atomic E-state index is 0.0611. The van der Waals surface area contributed by atoms with Gasteiger partial charge in [0.2, 0.25) is 0 Å². The third kappa shape index (κ3) is 57.3. The highest BCUT2D eigenvalue weighted by Gasteiger charge is 2.19. The van der Waals surface area contributed by atoms with Gasteiger partial charge >= 0.3 is 17.9 Å². The Morgan fingerprint density at radius 2 is 0.471 bits per heavy atom. The van der Waals surface area contributed by atoms with Crippen molar-refractivity contribution >= 4 is 17.9 Å². The second-order valence-electron chi connectivity index (χ2n) is 22.5. The van der Waals surface area contributed by atoms with Crippen LogP contribution in [0.15, 0.2) is 0 Å². The van der Waals surface area contributed by atoms with Crippen LogP contribution in [0.2, 0.25) is 0 Å². The summed E-state index contributed by atoms with van der Waals surface area (Å²) in [6, 6.07) is 0. The first kappa shape index (κ1) is 68.4. The Morgan fingerprint density at radius 3 is 0.700 bits per heavy atom. The molecule has 6 heteroatoms. The van der Waals surface area contributed by atoms with Gasteiger partial charge in [0.1, 0.15) is 13.2 Å². The molecule has 0 heterocycles.